The summed E-state index contributed by atoms with van der Waals surface area (Å²) < 4.78 is 23.5. The first kappa shape index (κ1) is 23.7. The van der Waals surface area contributed by atoms with Crippen LogP contribution in [0.1, 0.15) is 23.6 Å². The zero-order valence-electron chi connectivity index (χ0n) is 18.4. The molecular weight excluding hydrogens is 404 g/mol. The van der Waals surface area contributed by atoms with Gasteiger partial charge in [0.05, 0.1) is 33.0 Å². The second-order valence-corrected chi connectivity index (χ2v) is 7.48. The molecule has 0 aliphatic rings. The first-order valence-corrected chi connectivity index (χ1v) is 10.8. The third kappa shape index (κ3) is 8.63. The Morgan fingerprint density at radius 2 is 1.03 bits per heavy atom. The molecule has 0 aliphatic heterocycles. The molecule has 32 heavy (non-hydrogen) atoms. The molecule has 0 amide bonds. The average Bonchev–Trinajstić information content (AvgIpc) is 2.82. The second kappa shape index (κ2) is 13.4. The van der Waals surface area contributed by atoms with E-state index >= 15 is 0 Å². The molecule has 0 heterocycles. The van der Waals surface area contributed by atoms with E-state index in [0.717, 1.165) is 16.7 Å². The van der Waals surface area contributed by atoms with Crippen molar-refractivity contribution in [3.05, 3.63) is 108 Å². The molecule has 168 valence electrons. The molecule has 3 aromatic rings. The van der Waals surface area contributed by atoms with E-state index in [1.165, 1.54) is 6.92 Å². The summed E-state index contributed by atoms with van der Waals surface area (Å²) >= 11 is 0. The minimum atomic E-state index is -0.587. The van der Waals surface area contributed by atoms with E-state index < -0.39 is 12.2 Å². The molecule has 0 saturated heterocycles. The Balaban J connectivity index is 1.62. The van der Waals surface area contributed by atoms with Crippen LogP contribution in [0.15, 0.2) is 91.0 Å². The quantitative estimate of drug-likeness (QED) is 0.357. The summed E-state index contributed by atoms with van der Waals surface area (Å²) in [6.07, 6.45) is -1.06. The van der Waals surface area contributed by atoms with Gasteiger partial charge in [0.25, 0.3) is 0 Å². The highest BCUT2D eigenvalue weighted by Crippen LogP contribution is 2.13. The van der Waals surface area contributed by atoms with Gasteiger partial charge in [0.15, 0.2) is 6.10 Å². The maximum Gasteiger partial charge on any atom is 0.303 e. The lowest BCUT2D eigenvalue weighted by Gasteiger charge is -2.27. The van der Waals surface area contributed by atoms with Crippen LogP contribution in [-0.2, 0) is 43.6 Å². The van der Waals surface area contributed by atoms with E-state index in [1.807, 2.05) is 91.0 Å². The highest BCUT2D eigenvalue weighted by molar-refractivity contribution is 5.66. The smallest absolute Gasteiger partial charge is 0.303 e. The SMILES string of the molecule is CC(=O)O[C@@H](COCc1ccccc1)[C@@H](COCc1ccccc1)OCc1ccccc1. The third-order valence-corrected chi connectivity index (χ3v) is 4.83. The number of hydrogen-bond donors (Lipinski definition) is 0. The molecule has 5 nitrogen and oxygen atoms in total. The maximum atomic E-state index is 11.8. The maximum absolute atomic E-state index is 11.8. The molecule has 3 rings (SSSR count). The number of esters is 1. The molecular formula is C27H30O5. The van der Waals surface area contributed by atoms with Crippen LogP contribution in [0.25, 0.3) is 0 Å². The van der Waals surface area contributed by atoms with Crippen LogP contribution in [0.5, 0.6) is 0 Å². The molecule has 0 fully saturated rings. The van der Waals surface area contributed by atoms with Gasteiger partial charge in [-0.2, -0.15) is 0 Å². The van der Waals surface area contributed by atoms with Crippen molar-refractivity contribution in [3.8, 4) is 0 Å². The summed E-state index contributed by atoms with van der Waals surface area (Å²) in [6.45, 7) is 3.13. The highest BCUT2D eigenvalue weighted by Gasteiger charge is 2.26. The second-order valence-electron chi connectivity index (χ2n) is 7.48. The Morgan fingerprint density at radius 3 is 1.47 bits per heavy atom. The van der Waals surface area contributed by atoms with Crippen molar-refractivity contribution in [2.24, 2.45) is 0 Å². The van der Waals surface area contributed by atoms with Gasteiger partial charge in [0, 0.05) is 6.92 Å². The van der Waals surface area contributed by atoms with E-state index in [4.69, 9.17) is 18.9 Å². The first-order valence-electron chi connectivity index (χ1n) is 10.8. The van der Waals surface area contributed by atoms with Crippen molar-refractivity contribution in [1.82, 2.24) is 0 Å². The van der Waals surface area contributed by atoms with Gasteiger partial charge in [-0.25, -0.2) is 0 Å². The highest BCUT2D eigenvalue weighted by atomic mass is 16.6. The number of carbonyl (C=O) groups is 1. The van der Waals surface area contributed by atoms with Crippen molar-refractivity contribution in [2.45, 2.75) is 39.0 Å². The van der Waals surface area contributed by atoms with Crippen LogP contribution in [0.3, 0.4) is 0 Å². The normalized spacial score (nSPS) is 12.8. The lowest BCUT2D eigenvalue weighted by atomic mass is 10.2. The molecule has 0 aliphatic carbocycles. The molecule has 0 unspecified atom stereocenters. The predicted molar refractivity (Wildman–Crippen MR) is 123 cm³/mol. The molecule has 0 N–H and O–H groups in total. The lowest BCUT2D eigenvalue weighted by molar-refractivity contribution is -0.168. The van der Waals surface area contributed by atoms with Gasteiger partial charge in [-0.05, 0) is 16.7 Å². The minimum absolute atomic E-state index is 0.211. The standard InChI is InChI=1S/C27H30O5/c1-22(28)32-27(21-30-18-24-13-7-3-8-14-24)26(31-19-25-15-9-4-10-16-25)20-29-17-23-11-5-2-6-12-23/h2-16,26-27H,17-21H2,1H3/t26-,27+/m1/s1. The lowest BCUT2D eigenvalue weighted by Crippen LogP contribution is -2.40. The van der Waals surface area contributed by atoms with Crippen molar-refractivity contribution in [2.75, 3.05) is 13.2 Å². The van der Waals surface area contributed by atoms with E-state index in [9.17, 15) is 4.79 Å². The van der Waals surface area contributed by atoms with Crippen LogP contribution in [0.4, 0.5) is 0 Å². The monoisotopic (exact) mass is 434 g/mol. The summed E-state index contributed by atoms with van der Waals surface area (Å²) in [6, 6.07) is 29.7. The van der Waals surface area contributed by atoms with Crippen molar-refractivity contribution in [3.63, 3.8) is 0 Å². The molecule has 0 radical (unpaired) electrons. The fourth-order valence-corrected chi connectivity index (χ4v) is 3.21. The molecule has 0 bridgehead atoms. The minimum Gasteiger partial charge on any atom is -0.457 e. The number of carbonyl (C=O) groups excluding carboxylic acids is 1. The van der Waals surface area contributed by atoms with E-state index in [2.05, 4.69) is 0 Å². The van der Waals surface area contributed by atoms with Crippen LogP contribution in [0, 0.1) is 0 Å². The predicted octanol–water partition coefficient (Wildman–Crippen LogP) is 4.94. The van der Waals surface area contributed by atoms with Crippen LogP contribution in [0.2, 0.25) is 0 Å². The average molecular weight is 435 g/mol. The van der Waals surface area contributed by atoms with Gasteiger partial charge in [-0.3, -0.25) is 4.79 Å². The number of benzene rings is 3. The Kier molecular flexibility index (Phi) is 9.93. The van der Waals surface area contributed by atoms with Gasteiger partial charge in [-0.1, -0.05) is 91.0 Å². The fourth-order valence-electron chi connectivity index (χ4n) is 3.21. The molecule has 0 aromatic heterocycles. The molecule has 0 saturated carbocycles. The topological polar surface area (TPSA) is 54.0 Å². The Labute approximate surface area is 189 Å². The summed E-state index contributed by atoms with van der Waals surface area (Å²) in [5.41, 5.74) is 3.15. The van der Waals surface area contributed by atoms with Crippen molar-refractivity contribution < 1.29 is 23.7 Å². The molecule has 3 aromatic carbocycles. The number of ether oxygens (including phenoxy) is 4. The van der Waals surface area contributed by atoms with E-state index in [1.54, 1.807) is 0 Å². The zero-order valence-corrected chi connectivity index (χ0v) is 18.4. The summed E-state index contributed by atoms with van der Waals surface area (Å²) in [4.78, 5) is 11.8. The third-order valence-electron chi connectivity index (χ3n) is 4.83. The summed E-state index contributed by atoms with van der Waals surface area (Å²) in [7, 11) is 0. The largest absolute Gasteiger partial charge is 0.457 e. The Hall–Kier alpha value is -2.99. The van der Waals surface area contributed by atoms with Gasteiger partial charge in [0.2, 0.25) is 0 Å². The summed E-state index contributed by atoms with van der Waals surface area (Å²) in [5.74, 6) is -0.380. The summed E-state index contributed by atoms with van der Waals surface area (Å²) in [5, 5.41) is 0. The number of rotatable bonds is 13. The van der Waals surface area contributed by atoms with Crippen LogP contribution >= 0.6 is 0 Å². The van der Waals surface area contributed by atoms with Gasteiger partial charge in [0.1, 0.15) is 6.10 Å². The zero-order chi connectivity index (χ0) is 22.4. The van der Waals surface area contributed by atoms with Crippen LogP contribution < -0.4 is 0 Å². The Morgan fingerprint density at radius 1 is 0.625 bits per heavy atom. The Bertz CT molecular complexity index is 899. The van der Waals surface area contributed by atoms with Crippen molar-refractivity contribution >= 4 is 5.97 Å². The van der Waals surface area contributed by atoms with E-state index in [-0.39, 0.29) is 19.2 Å². The van der Waals surface area contributed by atoms with Gasteiger partial charge >= 0.3 is 5.97 Å². The van der Waals surface area contributed by atoms with Gasteiger partial charge < -0.3 is 18.9 Å². The van der Waals surface area contributed by atoms with E-state index in [0.29, 0.717) is 19.8 Å². The fraction of sp³-hybridized carbons (Fsp3) is 0.296. The molecule has 0 spiro atoms. The van der Waals surface area contributed by atoms with Crippen LogP contribution in [-0.4, -0.2) is 31.4 Å². The number of hydrogen-bond acceptors (Lipinski definition) is 5. The van der Waals surface area contributed by atoms with Gasteiger partial charge in [-0.15, -0.1) is 0 Å². The molecule has 5 heteroatoms. The molecule has 2 atom stereocenters. The first-order chi connectivity index (χ1) is 15.7. The van der Waals surface area contributed by atoms with Crippen molar-refractivity contribution in [1.29, 1.82) is 0 Å².